The van der Waals surface area contributed by atoms with Gasteiger partial charge >= 0.3 is 0 Å². The Balaban J connectivity index is 2.08. The Labute approximate surface area is 106 Å². The molecule has 0 saturated carbocycles. The van der Waals surface area contributed by atoms with E-state index in [1.54, 1.807) is 0 Å². The van der Waals surface area contributed by atoms with E-state index in [-0.39, 0.29) is 6.04 Å². The second-order valence-electron chi connectivity index (χ2n) is 5.54. The Kier molecular flexibility index (Phi) is 5.89. The van der Waals surface area contributed by atoms with Crippen LogP contribution in [0.25, 0.3) is 0 Å². The lowest BCUT2D eigenvalue weighted by atomic mass is 10.1. The maximum absolute atomic E-state index is 11.3. The van der Waals surface area contributed by atoms with E-state index in [1.165, 1.54) is 6.42 Å². The molecule has 0 amide bonds. The van der Waals surface area contributed by atoms with Gasteiger partial charge in [0.25, 0.3) is 0 Å². The monoisotopic (exact) mass is 262 g/mol. The van der Waals surface area contributed by atoms with E-state index in [9.17, 15) is 8.42 Å². The van der Waals surface area contributed by atoms with Crippen LogP contribution in [0, 0.1) is 5.92 Å². The standard InChI is InChI=1S/C12H26N2O2S/c1-11(2)4-7-14(3)8-6-13-12-5-9-17(15,16)10-12/h11-13H,4-10H2,1-3H3. The summed E-state index contributed by atoms with van der Waals surface area (Å²) >= 11 is 0. The van der Waals surface area contributed by atoms with Crippen molar-refractivity contribution in [2.24, 2.45) is 5.92 Å². The molecular weight excluding hydrogens is 236 g/mol. The van der Waals surface area contributed by atoms with E-state index >= 15 is 0 Å². The van der Waals surface area contributed by atoms with Crippen LogP contribution in [0.3, 0.4) is 0 Å². The molecule has 1 N–H and O–H groups in total. The third-order valence-electron chi connectivity index (χ3n) is 3.25. The van der Waals surface area contributed by atoms with Gasteiger partial charge in [0.1, 0.15) is 0 Å². The number of nitrogens with zero attached hydrogens (tertiary/aromatic N) is 1. The zero-order chi connectivity index (χ0) is 12.9. The zero-order valence-corrected chi connectivity index (χ0v) is 12.1. The maximum Gasteiger partial charge on any atom is 0.151 e. The molecule has 1 aliphatic heterocycles. The molecule has 1 atom stereocenters. The molecule has 1 aliphatic rings. The second-order valence-corrected chi connectivity index (χ2v) is 7.77. The summed E-state index contributed by atoms with van der Waals surface area (Å²) in [5.41, 5.74) is 0. The van der Waals surface area contributed by atoms with Gasteiger partial charge in [-0.3, -0.25) is 0 Å². The highest BCUT2D eigenvalue weighted by molar-refractivity contribution is 7.91. The van der Waals surface area contributed by atoms with Crippen molar-refractivity contribution < 1.29 is 8.42 Å². The smallest absolute Gasteiger partial charge is 0.151 e. The van der Waals surface area contributed by atoms with Crippen LogP contribution in [0.2, 0.25) is 0 Å². The van der Waals surface area contributed by atoms with Crippen molar-refractivity contribution in [1.82, 2.24) is 10.2 Å². The van der Waals surface area contributed by atoms with Gasteiger partial charge in [-0.1, -0.05) is 13.8 Å². The van der Waals surface area contributed by atoms with E-state index in [0.29, 0.717) is 11.5 Å². The predicted octanol–water partition coefficient (Wildman–Crippen LogP) is 0.741. The average Bonchev–Trinajstić information content (AvgIpc) is 2.55. The Hall–Kier alpha value is -0.130. The van der Waals surface area contributed by atoms with Crippen LogP contribution in [-0.2, 0) is 9.84 Å². The van der Waals surface area contributed by atoms with Gasteiger partial charge in [0.2, 0.25) is 0 Å². The lowest BCUT2D eigenvalue weighted by Gasteiger charge is -2.19. The van der Waals surface area contributed by atoms with E-state index in [0.717, 1.165) is 32.0 Å². The fourth-order valence-electron chi connectivity index (χ4n) is 2.01. The van der Waals surface area contributed by atoms with Crippen molar-refractivity contribution in [2.45, 2.75) is 32.7 Å². The van der Waals surface area contributed by atoms with Gasteiger partial charge in [0, 0.05) is 19.1 Å². The van der Waals surface area contributed by atoms with E-state index in [1.807, 2.05) is 0 Å². The van der Waals surface area contributed by atoms with Gasteiger partial charge in [0.15, 0.2) is 9.84 Å². The summed E-state index contributed by atoms with van der Waals surface area (Å²) < 4.78 is 22.5. The normalized spacial score (nSPS) is 23.7. The maximum atomic E-state index is 11.3. The number of rotatable bonds is 7. The molecule has 1 rings (SSSR count). The van der Waals surface area contributed by atoms with Gasteiger partial charge in [0.05, 0.1) is 11.5 Å². The van der Waals surface area contributed by atoms with Gasteiger partial charge < -0.3 is 10.2 Å². The van der Waals surface area contributed by atoms with E-state index in [4.69, 9.17) is 0 Å². The highest BCUT2D eigenvalue weighted by Crippen LogP contribution is 2.10. The summed E-state index contributed by atoms with van der Waals surface area (Å²) in [4.78, 5) is 2.30. The first-order chi connectivity index (χ1) is 7.89. The molecule has 1 heterocycles. The van der Waals surface area contributed by atoms with Crippen molar-refractivity contribution in [3.63, 3.8) is 0 Å². The van der Waals surface area contributed by atoms with Crippen molar-refractivity contribution >= 4 is 9.84 Å². The Morgan fingerprint density at radius 2 is 2.06 bits per heavy atom. The average molecular weight is 262 g/mol. The van der Waals surface area contributed by atoms with Crippen molar-refractivity contribution in [1.29, 1.82) is 0 Å². The quantitative estimate of drug-likeness (QED) is 0.735. The topological polar surface area (TPSA) is 49.4 Å². The minimum Gasteiger partial charge on any atom is -0.312 e. The molecular formula is C12H26N2O2S. The summed E-state index contributed by atoms with van der Waals surface area (Å²) in [6, 6.07) is 0.179. The van der Waals surface area contributed by atoms with Crippen molar-refractivity contribution in [3.8, 4) is 0 Å². The fraction of sp³-hybridized carbons (Fsp3) is 1.00. The molecule has 1 saturated heterocycles. The highest BCUT2D eigenvalue weighted by Gasteiger charge is 2.26. The van der Waals surface area contributed by atoms with Crippen molar-refractivity contribution in [3.05, 3.63) is 0 Å². The molecule has 0 radical (unpaired) electrons. The van der Waals surface area contributed by atoms with Crippen LogP contribution in [0.5, 0.6) is 0 Å². The molecule has 0 aromatic carbocycles. The van der Waals surface area contributed by atoms with E-state index in [2.05, 4.69) is 31.1 Å². The number of nitrogens with one attached hydrogen (secondary N) is 1. The first-order valence-corrected chi connectivity index (χ1v) is 8.33. The molecule has 0 spiro atoms. The SMILES string of the molecule is CC(C)CCN(C)CCNC1CCS(=O)(=O)C1. The number of likely N-dealkylation sites (N-methyl/N-ethyl adjacent to an activating group) is 1. The van der Waals surface area contributed by atoms with Gasteiger partial charge in [-0.15, -0.1) is 0 Å². The van der Waals surface area contributed by atoms with Crippen LogP contribution in [0.15, 0.2) is 0 Å². The minimum absolute atomic E-state index is 0.179. The zero-order valence-electron chi connectivity index (χ0n) is 11.3. The first kappa shape index (κ1) is 14.9. The lowest BCUT2D eigenvalue weighted by Crippen LogP contribution is -2.36. The molecule has 1 fully saturated rings. The molecule has 5 heteroatoms. The summed E-state index contributed by atoms with van der Waals surface area (Å²) in [6.07, 6.45) is 1.99. The first-order valence-electron chi connectivity index (χ1n) is 6.51. The molecule has 0 aliphatic carbocycles. The van der Waals surface area contributed by atoms with Crippen LogP contribution in [0.4, 0.5) is 0 Å². The molecule has 0 bridgehead atoms. The third-order valence-corrected chi connectivity index (χ3v) is 5.02. The minimum atomic E-state index is -2.74. The van der Waals surface area contributed by atoms with Crippen LogP contribution in [-0.4, -0.2) is 57.5 Å². The largest absolute Gasteiger partial charge is 0.312 e. The number of sulfone groups is 1. The molecule has 0 aromatic rings. The Morgan fingerprint density at radius 1 is 1.35 bits per heavy atom. The van der Waals surface area contributed by atoms with Crippen LogP contribution in [0.1, 0.15) is 26.7 Å². The molecule has 4 nitrogen and oxygen atoms in total. The Morgan fingerprint density at radius 3 is 2.59 bits per heavy atom. The second kappa shape index (κ2) is 6.71. The summed E-state index contributed by atoms with van der Waals surface area (Å²) in [5.74, 6) is 1.42. The highest BCUT2D eigenvalue weighted by atomic mass is 32.2. The number of hydrogen-bond donors (Lipinski definition) is 1. The summed E-state index contributed by atoms with van der Waals surface area (Å²) in [5, 5.41) is 3.33. The van der Waals surface area contributed by atoms with E-state index < -0.39 is 9.84 Å². The molecule has 102 valence electrons. The molecule has 1 unspecified atom stereocenters. The third kappa shape index (κ3) is 6.38. The molecule has 17 heavy (non-hydrogen) atoms. The Bertz CT molecular complexity index is 314. The summed E-state index contributed by atoms with van der Waals surface area (Å²) in [6.45, 7) is 7.45. The number of hydrogen-bond acceptors (Lipinski definition) is 4. The van der Waals surface area contributed by atoms with Gasteiger partial charge in [-0.2, -0.15) is 0 Å². The fourth-order valence-corrected chi connectivity index (χ4v) is 3.71. The van der Waals surface area contributed by atoms with Crippen LogP contribution >= 0.6 is 0 Å². The lowest BCUT2D eigenvalue weighted by molar-refractivity contribution is 0.304. The van der Waals surface area contributed by atoms with Gasteiger partial charge in [-0.25, -0.2) is 8.42 Å². The predicted molar refractivity (Wildman–Crippen MR) is 72.0 cm³/mol. The molecule has 0 aromatic heterocycles. The van der Waals surface area contributed by atoms with Gasteiger partial charge in [-0.05, 0) is 32.4 Å². The van der Waals surface area contributed by atoms with Crippen molar-refractivity contribution in [2.75, 3.05) is 38.2 Å². The van der Waals surface area contributed by atoms with Crippen LogP contribution < -0.4 is 5.32 Å². The summed E-state index contributed by atoms with van der Waals surface area (Å²) in [7, 11) is -0.623.